The monoisotopic (exact) mass is 288 g/mol. The second kappa shape index (κ2) is 4.73. The highest BCUT2D eigenvalue weighted by atomic mass is 32.2. The van der Waals surface area contributed by atoms with Crippen LogP contribution in [-0.4, -0.2) is 38.0 Å². The lowest BCUT2D eigenvalue weighted by Gasteiger charge is -2.40. The summed E-state index contributed by atoms with van der Waals surface area (Å²) in [4.78, 5) is -0.125. The number of benzene rings is 1. The topological polar surface area (TPSA) is 72.6 Å². The Kier molecular flexibility index (Phi) is 3.55. The van der Waals surface area contributed by atoms with Crippen LogP contribution in [0.25, 0.3) is 0 Å². The van der Waals surface area contributed by atoms with Gasteiger partial charge in [-0.3, -0.25) is 0 Å². The van der Waals surface area contributed by atoms with Crippen molar-refractivity contribution in [3.63, 3.8) is 0 Å². The van der Waals surface area contributed by atoms with E-state index in [1.807, 2.05) is 0 Å². The first-order chi connectivity index (χ1) is 8.73. The summed E-state index contributed by atoms with van der Waals surface area (Å²) in [7, 11) is -3.78. The van der Waals surface area contributed by atoms with Crippen molar-refractivity contribution < 1.29 is 17.5 Å². The number of anilines is 1. The first-order valence-corrected chi connectivity index (χ1v) is 7.34. The highest BCUT2D eigenvalue weighted by Crippen LogP contribution is 2.28. The Morgan fingerprint density at radius 3 is 2.63 bits per heavy atom. The first-order valence-electron chi connectivity index (χ1n) is 5.90. The van der Waals surface area contributed by atoms with Gasteiger partial charge in [0.05, 0.1) is 23.6 Å². The molecule has 1 heterocycles. The quantitative estimate of drug-likeness (QED) is 0.830. The summed E-state index contributed by atoms with van der Waals surface area (Å²) < 4.78 is 45.1. The number of morpholine rings is 1. The number of nitrogens with two attached hydrogens (primary N) is 1. The van der Waals surface area contributed by atoms with Gasteiger partial charge in [0.1, 0.15) is 5.82 Å². The van der Waals surface area contributed by atoms with Crippen molar-refractivity contribution in [2.45, 2.75) is 24.3 Å². The third kappa shape index (κ3) is 2.72. The molecule has 0 saturated carbocycles. The molecule has 0 radical (unpaired) electrons. The molecule has 2 rings (SSSR count). The minimum absolute atomic E-state index is 0.0876. The lowest BCUT2D eigenvalue weighted by Crippen LogP contribution is -2.55. The predicted molar refractivity (Wildman–Crippen MR) is 69.6 cm³/mol. The summed E-state index contributed by atoms with van der Waals surface area (Å²) in [6, 6.07) is 3.34. The highest BCUT2D eigenvalue weighted by Gasteiger charge is 2.39. The molecule has 7 heteroatoms. The van der Waals surface area contributed by atoms with E-state index in [1.165, 1.54) is 10.4 Å². The van der Waals surface area contributed by atoms with Crippen LogP contribution in [0, 0.1) is 5.82 Å². The molecular weight excluding hydrogens is 271 g/mol. The number of nitrogens with zero attached hydrogens (tertiary/aromatic N) is 1. The Balaban J connectivity index is 2.47. The van der Waals surface area contributed by atoms with Gasteiger partial charge in [-0.15, -0.1) is 0 Å². The second-order valence-corrected chi connectivity index (χ2v) is 7.02. The molecule has 0 amide bonds. The van der Waals surface area contributed by atoms with E-state index >= 15 is 0 Å². The van der Waals surface area contributed by atoms with Gasteiger partial charge in [0.2, 0.25) is 10.0 Å². The molecule has 1 aromatic carbocycles. The summed E-state index contributed by atoms with van der Waals surface area (Å²) in [6.45, 7) is 4.41. The highest BCUT2D eigenvalue weighted by molar-refractivity contribution is 7.89. The van der Waals surface area contributed by atoms with Crippen molar-refractivity contribution in [3.8, 4) is 0 Å². The molecule has 0 aromatic heterocycles. The van der Waals surface area contributed by atoms with Gasteiger partial charge in [-0.1, -0.05) is 0 Å². The molecule has 5 nitrogen and oxygen atoms in total. The molecule has 0 unspecified atom stereocenters. The second-order valence-electron chi connectivity index (χ2n) is 5.16. The Labute approximate surface area is 112 Å². The molecule has 1 fully saturated rings. The van der Waals surface area contributed by atoms with E-state index in [9.17, 15) is 12.8 Å². The zero-order valence-electron chi connectivity index (χ0n) is 10.9. The molecule has 1 aliphatic heterocycles. The van der Waals surface area contributed by atoms with Crippen LogP contribution < -0.4 is 5.73 Å². The molecule has 1 aliphatic rings. The zero-order valence-corrected chi connectivity index (χ0v) is 11.7. The maximum absolute atomic E-state index is 13.3. The third-order valence-corrected chi connectivity index (χ3v) is 5.14. The molecular formula is C12H17FN2O3S. The van der Waals surface area contributed by atoms with Gasteiger partial charge in [0.25, 0.3) is 0 Å². The minimum Gasteiger partial charge on any atom is -0.399 e. The van der Waals surface area contributed by atoms with Gasteiger partial charge in [0, 0.05) is 12.2 Å². The van der Waals surface area contributed by atoms with Crippen LogP contribution >= 0.6 is 0 Å². The van der Waals surface area contributed by atoms with Crippen LogP contribution in [0.1, 0.15) is 13.8 Å². The van der Waals surface area contributed by atoms with Crippen LogP contribution in [0.5, 0.6) is 0 Å². The molecule has 1 saturated heterocycles. The maximum atomic E-state index is 13.3. The van der Waals surface area contributed by atoms with Crippen LogP contribution in [-0.2, 0) is 14.8 Å². The summed E-state index contributed by atoms with van der Waals surface area (Å²) in [5.41, 5.74) is 4.92. The van der Waals surface area contributed by atoms with Crippen LogP contribution in [0.15, 0.2) is 23.1 Å². The van der Waals surface area contributed by atoms with E-state index < -0.39 is 21.4 Å². The third-order valence-electron chi connectivity index (χ3n) is 3.05. The molecule has 0 atom stereocenters. The maximum Gasteiger partial charge on any atom is 0.243 e. The molecule has 19 heavy (non-hydrogen) atoms. The standard InChI is InChI=1S/C12H17FN2O3S/c1-12(2)8-18-4-3-15(12)19(16,17)11-6-9(13)5-10(14)7-11/h5-7H,3-4,8,14H2,1-2H3. The minimum atomic E-state index is -3.78. The molecule has 0 bridgehead atoms. The molecule has 0 aliphatic carbocycles. The smallest absolute Gasteiger partial charge is 0.243 e. The Morgan fingerprint density at radius 2 is 2.05 bits per heavy atom. The Hall–Kier alpha value is -1.18. The normalized spacial score (nSPS) is 20.4. The van der Waals surface area contributed by atoms with Gasteiger partial charge in [-0.05, 0) is 32.0 Å². The summed E-state index contributed by atoms with van der Waals surface area (Å²) in [6.07, 6.45) is 0. The summed E-state index contributed by atoms with van der Waals surface area (Å²) in [5, 5.41) is 0. The number of ether oxygens (including phenoxy) is 1. The average molecular weight is 288 g/mol. The molecule has 1 aromatic rings. The van der Waals surface area contributed by atoms with E-state index in [0.717, 1.165) is 12.1 Å². The van der Waals surface area contributed by atoms with Gasteiger partial charge >= 0.3 is 0 Å². The van der Waals surface area contributed by atoms with Gasteiger partial charge < -0.3 is 10.5 Å². The largest absolute Gasteiger partial charge is 0.399 e. The van der Waals surface area contributed by atoms with Crippen molar-refractivity contribution in [3.05, 3.63) is 24.0 Å². The first kappa shape index (κ1) is 14.2. The van der Waals surface area contributed by atoms with Crippen molar-refractivity contribution in [2.24, 2.45) is 0 Å². The van der Waals surface area contributed by atoms with Gasteiger partial charge in [-0.25, -0.2) is 12.8 Å². The zero-order chi connectivity index (χ0) is 14.3. The lowest BCUT2D eigenvalue weighted by atomic mass is 10.1. The lowest BCUT2D eigenvalue weighted by molar-refractivity contribution is -0.00771. The van der Waals surface area contributed by atoms with Crippen LogP contribution in [0.3, 0.4) is 0 Å². The molecule has 2 N–H and O–H groups in total. The Morgan fingerprint density at radius 1 is 1.37 bits per heavy atom. The summed E-state index contributed by atoms with van der Waals surface area (Å²) in [5.74, 6) is -0.662. The van der Waals surface area contributed by atoms with Crippen molar-refractivity contribution in [1.82, 2.24) is 4.31 Å². The molecule has 0 spiro atoms. The van der Waals surface area contributed by atoms with E-state index in [4.69, 9.17) is 10.5 Å². The fourth-order valence-corrected chi connectivity index (χ4v) is 3.97. The van der Waals surface area contributed by atoms with Crippen molar-refractivity contribution >= 4 is 15.7 Å². The molecule has 106 valence electrons. The van der Waals surface area contributed by atoms with Gasteiger partial charge in [0.15, 0.2) is 0 Å². The number of rotatable bonds is 2. The fourth-order valence-electron chi connectivity index (χ4n) is 2.15. The average Bonchev–Trinajstić information content (AvgIpc) is 2.26. The number of halogens is 1. The van der Waals surface area contributed by atoms with Crippen molar-refractivity contribution in [2.75, 3.05) is 25.5 Å². The van der Waals surface area contributed by atoms with Crippen LogP contribution in [0.4, 0.5) is 10.1 Å². The SMILES string of the molecule is CC1(C)COCCN1S(=O)(=O)c1cc(N)cc(F)c1. The Bertz CT molecular complexity index is 566. The number of sulfonamides is 1. The fraction of sp³-hybridized carbons (Fsp3) is 0.500. The van der Waals surface area contributed by atoms with Gasteiger partial charge in [-0.2, -0.15) is 4.31 Å². The number of nitrogen functional groups attached to an aromatic ring is 1. The predicted octanol–water partition coefficient (Wildman–Crippen LogP) is 1.21. The van der Waals surface area contributed by atoms with Crippen LogP contribution in [0.2, 0.25) is 0 Å². The number of hydrogen-bond acceptors (Lipinski definition) is 4. The number of hydrogen-bond donors (Lipinski definition) is 1. The summed E-state index contributed by atoms with van der Waals surface area (Å²) >= 11 is 0. The van der Waals surface area contributed by atoms with E-state index in [2.05, 4.69) is 0 Å². The van der Waals surface area contributed by atoms with E-state index in [1.54, 1.807) is 13.8 Å². The van der Waals surface area contributed by atoms with E-state index in [0.29, 0.717) is 13.2 Å². The van der Waals surface area contributed by atoms with E-state index in [-0.39, 0.29) is 17.1 Å². The van der Waals surface area contributed by atoms with Crippen molar-refractivity contribution in [1.29, 1.82) is 0 Å².